The molecule has 8 heteroatoms. The van der Waals surface area contributed by atoms with Crippen LogP contribution in [0.3, 0.4) is 0 Å². The molecular weight excluding hydrogens is 332 g/mol. The molecule has 1 aromatic carbocycles. The smallest absolute Gasteiger partial charge is 0.317 e. The molecular formula is C18H26N6O2. The number of carbonyl (C=O) groups is 2. The minimum atomic E-state index is -0.0685. The lowest BCUT2D eigenvalue weighted by atomic mass is 10.2. The van der Waals surface area contributed by atoms with Gasteiger partial charge in [-0.3, -0.25) is 9.69 Å². The lowest BCUT2D eigenvalue weighted by Crippen LogP contribution is -2.53. The van der Waals surface area contributed by atoms with Crippen molar-refractivity contribution in [2.75, 3.05) is 32.7 Å². The number of piperazine rings is 1. The summed E-state index contributed by atoms with van der Waals surface area (Å²) in [4.78, 5) is 35.3. The van der Waals surface area contributed by atoms with Crippen LogP contribution >= 0.6 is 0 Å². The number of rotatable bonds is 5. The Morgan fingerprint density at radius 3 is 2.73 bits per heavy atom. The summed E-state index contributed by atoms with van der Waals surface area (Å²) >= 11 is 0. The highest BCUT2D eigenvalue weighted by Crippen LogP contribution is 2.11. The fourth-order valence-corrected chi connectivity index (χ4v) is 3.06. The molecule has 0 saturated carbocycles. The number of aromatic amines is 1. The van der Waals surface area contributed by atoms with Crippen LogP contribution in [0.25, 0.3) is 11.0 Å². The van der Waals surface area contributed by atoms with Crippen LogP contribution in [0.2, 0.25) is 0 Å². The maximum absolute atomic E-state index is 12.4. The van der Waals surface area contributed by atoms with Crippen LogP contribution < -0.4 is 10.6 Å². The van der Waals surface area contributed by atoms with Crippen molar-refractivity contribution in [3.05, 3.63) is 30.1 Å². The predicted molar refractivity (Wildman–Crippen MR) is 99.6 cm³/mol. The molecule has 0 spiro atoms. The Hall–Kier alpha value is -2.61. The SMILES string of the molecule is CC(C)NC(=O)CN1CCN(C(=O)NCc2ccc3nc[nH]c3c2)CC1. The quantitative estimate of drug-likeness (QED) is 0.741. The minimum Gasteiger partial charge on any atom is -0.353 e. The zero-order chi connectivity index (χ0) is 18.5. The van der Waals surface area contributed by atoms with Gasteiger partial charge in [-0.1, -0.05) is 6.07 Å². The van der Waals surface area contributed by atoms with Crippen LogP contribution in [0.4, 0.5) is 4.79 Å². The van der Waals surface area contributed by atoms with Gasteiger partial charge in [-0.15, -0.1) is 0 Å². The van der Waals surface area contributed by atoms with Gasteiger partial charge in [0.2, 0.25) is 5.91 Å². The normalized spacial score (nSPS) is 15.4. The third-order valence-electron chi connectivity index (χ3n) is 4.40. The first-order valence-electron chi connectivity index (χ1n) is 8.98. The fraction of sp³-hybridized carbons (Fsp3) is 0.500. The molecule has 0 atom stereocenters. The van der Waals surface area contributed by atoms with Gasteiger partial charge in [0.1, 0.15) is 0 Å². The van der Waals surface area contributed by atoms with Crippen molar-refractivity contribution in [2.45, 2.75) is 26.4 Å². The molecule has 0 bridgehead atoms. The molecule has 2 heterocycles. The molecule has 0 radical (unpaired) electrons. The highest BCUT2D eigenvalue weighted by atomic mass is 16.2. The highest BCUT2D eigenvalue weighted by Gasteiger charge is 2.22. The number of H-pyrrole nitrogens is 1. The zero-order valence-corrected chi connectivity index (χ0v) is 15.3. The topological polar surface area (TPSA) is 93.4 Å². The van der Waals surface area contributed by atoms with Crippen molar-refractivity contribution in [1.82, 2.24) is 30.4 Å². The van der Waals surface area contributed by atoms with Crippen LogP contribution in [-0.2, 0) is 11.3 Å². The Bertz CT molecular complexity index is 764. The number of amides is 3. The monoisotopic (exact) mass is 358 g/mol. The van der Waals surface area contributed by atoms with E-state index in [0.717, 1.165) is 16.6 Å². The van der Waals surface area contributed by atoms with Crippen molar-refractivity contribution in [3.63, 3.8) is 0 Å². The van der Waals surface area contributed by atoms with Crippen molar-refractivity contribution >= 4 is 23.0 Å². The van der Waals surface area contributed by atoms with Gasteiger partial charge >= 0.3 is 6.03 Å². The summed E-state index contributed by atoms with van der Waals surface area (Å²) in [7, 11) is 0. The number of aromatic nitrogens is 2. The maximum atomic E-state index is 12.4. The summed E-state index contributed by atoms with van der Waals surface area (Å²) in [5.41, 5.74) is 2.90. The van der Waals surface area contributed by atoms with E-state index >= 15 is 0 Å². The first-order valence-corrected chi connectivity index (χ1v) is 8.98. The number of benzene rings is 1. The lowest BCUT2D eigenvalue weighted by molar-refractivity contribution is -0.123. The van der Waals surface area contributed by atoms with Gasteiger partial charge in [0, 0.05) is 38.8 Å². The summed E-state index contributed by atoms with van der Waals surface area (Å²) in [6.45, 7) is 7.43. The summed E-state index contributed by atoms with van der Waals surface area (Å²) in [6, 6.07) is 5.98. The molecule has 1 saturated heterocycles. The van der Waals surface area contributed by atoms with Gasteiger partial charge in [-0.2, -0.15) is 0 Å². The van der Waals surface area contributed by atoms with E-state index in [1.807, 2.05) is 32.0 Å². The zero-order valence-electron chi connectivity index (χ0n) is 15.3. The van der Waals surface area contributed by atoms with Crippen molar-refractivity contribution in [2.24, 2.45) is 0 Å². The summed E-state index contributed by atoms with van der Waals surface area (Å²) < 4.78 is 0. The minimum absolute atomic E-state index is 0.0344. The van der Waals surface area contributed by atoms with Crippen LogP contribution in [0.1, 0.15) is 19.4 Å². The Balaban J connectivity index is 1.42. The van der Waals surface area contributed by atoms with Gasteiger partial charge in [0.05, 0.1) is 23.9 Å². The largest absolute Gasteiger partial charge is 0.353 e. The van der Waals surface area contributed by atoms with Crippen LogP contribution in [0.5, 0.6) is 0 Å². The van der Waals surface area contributed by atoms with E-state index in [2.05, 4.69) is 25.5 Å². The molecule has 3 N–H and O–H groups in total. The van der Waals surface area contributed by atoms with E-state index in [-0.39, 0.29) is 18.0 Å². The molecule has 1 aromatic heterocycles. The van der Waals surface area contributed by atoms with Crippen molar-refractivity contribution < 1.29 is 9.59 Å². The second-order valence-electron chi connectivity index (χ2n) is 6.90. The first kappa shape index (κ1) is 18.2. The Morgan fingerprint density at radius 2 is 2.00 bits per heavy atom. The summed E-state index contributed by atoms with van der Waals surface area (Å²) in [5.74, 6) is 0.0344. The van der Waals surface area contributed by atoms with Gasteiger partial charge in [-0.25, -0.2) is 9.78 Å². The Labute approximate surface area is 152 Å². The standard InChI is InChI=1S/C18H26N6O2/c1-13(2)22-17(25)11-23-5-7-24(8-6-23)18(26)19-10-14-3-4-15-16(9-14)21-12-20-15/h3-4,9,12-13H,5-8,10-11H2,1-2H3,(H,19,26)(H,20,21)(H,22,25). The number of carbonyl (C=O) groups excluding carboxylic acids is 2. The summed E-state index contributed by atoms with van der Waals surface area (Å²) in [6.07, 6.45) is 1.66. The molecule has 0 aliphatic carbocycles. The maximum Gasteiger partial charge on any atom is 0.317 e. The van der Waals surface area contributed by atoms with Gasteiger partial charge in [0.15, 0.2) is 0 Å². The second-order valence-corrected chi connectivity index (χ2v) is 6.90. The van der Waals surface area contributed by atoms with Gasteiger partial charge < -0.3 is 20.5 Å². The molecule has 3 rings (SSSR count). The van der Waals surface area contributed by atoms with E-state index < -0.39 is 0 Å². The van der Waals surface area contributed by atoms with Gasteiger partial charge in [-0.05, 0) is 31.5 Å². The molecule has 2 aromatic rings. The number of nitrogens with one attached hydrogen (secondary N) is 3. The molecule has 1 fully saturated rings. The van der Waals surface area contributed by atoms with E-state index in [9.17, 15) is 9.59 Å². The molecule has 1 aliphatic heterocycles. The fourth-order valence-electron chi connectivity index (χ4n) is 3.06. The highest BCUT2D eigenvalue weighted by molar-refractivity contribution is 5.78. The van der Waals surface area contributed by atoms with E-state index in [1.165, 1.54) is 0 Å². The molecule has 8 nitrogen and oxygen atoms in total. The Morgan fingerprint density at radius 1 is 1.23 bits per heavy atom. The van der Waals surface area contributed by atoms with Gasteiger partial charge in [0.25, 0.3) is 0 Å². The summed E-state index contributed by atoms with van der Waals surface area (Å²) in [5, 5.41) is 5.85. The first-order chi connectivity index (χ1) is 12.5. The number of urea groups is 1. The lowest BCUT2D eigenvalue weighted by Gasteiger charge is -2.34. The van der Waals surface area contributed by atoms with E-state index in [4.69, 9.17) is 0 Å². The molecule has 26 heavy (non-hydrogen) atoms. The van der Waals surface area contributed by atoms with Crippen LogP contribution in [-0.4, -0.2) is 70.5 Å². The van der Waals surface area contributed by atoms with E-state index in [0.29, 0.717) is 39.3 Å². The predicted octanol–water partition coefficient (Wildman–Crippen LogP) is 0.915. The third kappa shape index (κ3) is 4.72. The number of imidazole rings is 1. The average molecular weight is 358 g/mol. The number of nitrogens with zero attached hydrogens (tertiary/aromatic N) is 3. The second kappa shape index (κ2) is 8.18. The Kier molecular flexibility index (Phi) is 5.72. The number of hydrogen-bond donors (Lipinski definition) is 3. The van der Waals surface area contributed by atoms with Crippen molar-refractivity contribution in [1.29, 1.82) is 0 Å². The average Bonchev–Trinajstić information content (AvgIpc) is 3.07. The molecule has 1 aliphatic rings. The molecule has 0 unspecified atom stereocenters. The number of fused-ring (bicyclic) bond motifs is 1. The van der Waals surface area contributed by atoms with Crippen molar-refractivity contribution in [3.8, 4) is 0 Å². The third-order valence-corrected chi connectivity index (χ3v) is 4.40. The van der Waals surface area contributed by atoms with Crippen LogP contribution in [0.15, 0.2) is 24.5 Å². The molecule has 140 valence electrons. The molecule has 3 amide bonds. The number of hydrogen-bond acceptors (Lipinski definition) is 4. The van der Waals surface area contributed by atoms with Crippen LogP contribution in [0, 0.1) is 0 Å². The van der Waals surface area contributed by atoms with E-state index in [1.54, 1.807) is 11.2 Å².